The molecule has 0 bridgehead atoms. The van der Waals surface area contributed by atoms with Crippen molar-refractivity contribution in [2.24, 2.45) is 5.73 Å². The number of sulfonamides is 1. The lowest BCUT2D eigenvalue weighted by Gasteiger charge is -2.27. The van der Waals surface area contributed by atoms with Crippen LogP contribution in [0.25, 0.3) is 0 Å². The number of ether oxygens (including phenoxy) is 1. The fraction of sp³-hybridized carbons (Fsp3) is 0.250. The molecule has 33 heavy (non-hydrogen) atoms. The van der Waals surface area contributed by atoms with Gasteiger partial charge in [-0.05, 0) is 60.5 Å². The molecule has 176 valence electrons. The van der Waals surface area contributed by atoms with Crippen LogP contribution in [-0.2, 0) is 21.2 Å². The molecule has 0 saturated carbocycles. The third-order valence-corrected chi connectivity index (χ3v) is 7.25. The number of nitrogens with zero attached hydrogens (tertiary/aromatic N) is 1. The summed E-state index contributed by atoms with van der Waals surface area (Å²) in [5, 5.41) is 4.53. The fourth-order valence-corrected chi connectivity index (χ4v) is 4.99. The number of halogens is 2. The quantitative estimate of drug-likeness (QED) is 0.343. The highest BCUT2D eigenvalue weighted by atomic mass is 35.5. The molecular formula is C24H27Cl2N3O3S. The van der Waals surface area contributed by atoms with Gasteiger partial charge in [0.25, 0.3) is 10.0 Å². The van der Waals surface area contributed by atoms with E-state index in [1.54, 1.807) is 18.2 Å². The minimum Gasteiger partial charge on any atom is -0.383 e. The van der Waals surface area contributed by atoms with Crippen LogP contribution in [0.4, 0.5) is 11.4 Å². The van der Waals surface area contributed by atoms with Crippen molar-refractivity contribution >= 4 is 44.6 Å². The minimum absolute atomic E-state index is 0.140. The zero-order chi connectivity index (χ0) is 23.7. The van der Waals surface area contributed by atoms with E-state index in [0.29, 0.717) is 41.1 Å². The van der Waals surface area contributed by atoms with Crippen LogP contribution in [0.3, 0.4) is 0 Å². The zero-order valence-electron chi connectivity index (χ0n) is 18.1. The summed E-state index contributed by atoms with van der Waals surface area (Å²) in [7, 11) is -3.85. The molecule has 0 atom stereocenters. The van der Waals surface area contributed by atoms with Gasteiger partial charge in [0.2, 0.25) is 0 Å². The van der Waals surface area contributed by atoms with Crippen LogP contribution in [0.5, 0.6) is 0 Å². The lowest BCUT2D eigenvalue weighted by atomic mass is 10.1. The van der Waals surface area contributed by atoms with E-state index in [4.69, 9.17) is 33.7 Å². The number of rotatable bonds is 12. The molecule has 0 amide bonds. The van der Waals surface area contributed by atoms with Gasteiger partial charge in [0.05, 0.1) is 36.0 Å². The first kappa shape index (κ1) is 25.3. The Balaban J connectivity index is 1.84. The maximum Gasteiger partial charge on any atom is 0.264 e. The maximum absolute atomic E-state index is 13.5. The van der Waals surface area contributed by atoms with Crippen LogP contribution >= 0.6 is 23.2 Å². The van der Waals surface area contributed by atoms with Gasteiger partial charge in [-0.3, -0.25) is 4.31 Å². The Labute approximate surface area is 205 Å². The van der Waals surface area contributed by atoms with Crippen molar-refractivity contribution in [3.63, 3.8) is 0 Å². The van der Waals surface area contributed by atoms with E-state index < -0.39 is 10.0 Å². The smallest absolute Gasteiger partial charge is 0.264 e. The summed E-state index contributed by atoms with van der Waals surface area (Å²) in [5.74, 6) is 0. The second kappa shape index (κ2) is 12.3. The van der Waals surface area contributed by atoms with E-state index >= 15 is 0 Å². The van der Waals surface area contributed by atoms with Crippen molar-refractivity contribution in [3.8, 4) is 0 Å². The van der Waals surface area contributed by atoms with Gasteiger partial charge in [0.15, 0.2) is 0 Å². The molecule has 0 saturated heterocycles. The lowest BCUT2D eigenvalue weighted by molar-refractivity contribution is 0.150. The van der Waals surface area contributed by atoms with Crippen molar-refractivity contribution in [3.05, 3.63) is 88.4 Å². The van der Waals surface area contributed by atoms with E-state index in [-0.39, 0.29) is 18.0 Å². The molecule has 0 radical (unpaired) electrons. The second-order valence-electron chi connectivity index (χ2n) is 7.25. The molecule has 0 unspecified atom stereocenters. The molecule has 0 spiro atoms. The minimum atomic E-state index is -3.85. The van der Waals surface area contributed by atoms with Gasteiger partial charge in [-0.15, -0.1) is 0 Å². The molecule has 0 aliphatic rings. The summed E-state index contributed by atoms with van der Waals surface area (Å²) in [6, 6.07) is 21.1. The summed E-state index contributed by atoms with van der Waals surface area (Å²) in [5.41, 5.74) is 7.88. The van der Waals surface area contributed by atoms with Crippen LogP contribution in [-0.4, -0.2) is 41.3 Å². The number of nitrogens with two attached hydrogens (primary N) is 1. The summed E-state index contributed by atoms with van der Waals surface area (Å²) in [4.78, 5) is 0.154. The fourth-order valence-electron chi connectivity index (χ4n) is 3.27. The molecule has 0 fully saturated rings. The highest BCUT2D eigenvalue weighted by molar-refractivity contribution is 7.92. The molecule has 0 aromatic heterocycles. The average Bonchev–Trinajstić information content (AvgIpc) is 2.81. The Morgan fingerprint density at radius 3 is 2.18 bits per heavy atom. The number of anilines is 2. The molecule has 3 N–H and O–H groups in total. The SMILES string of the molecule is NCCOCCN(c1ccccc1NCCc1ccc(Cl)cc1)S(=O)(=O)c1ccc(Cl)cc1. The van der Waals surface area contributed by atoms with Crippen molar-refractivity contribution in [1.82, 2.24) is 0 Å². The predicted octanol–water partition coefficient (Wildman–Crippen LogP) is 4.82. The summed E-state index contributed by atoms with van der Waals surface area (Å²) in [6.07, 6.45) is 0.759. The van der Waals surface area contributed by atoms with Crippen LogP contribution in [0.1, 0.15) is 5.56 Å². The molecule has 0 aliphatic heterocycles. The van der Waals surface area contributed by atoms with Gasteiger partial charge < -0.3 is 15.8 Å². The third kappa shape index (κ3) is 7.09. The molecule has 3 aromatic rings. The summed E-state index contributed by atoms with van der Waals surface area (Å²) in [6.45, 7) is 1.70. The van der Waals surface area contributed by atoms with Gasteiger partial charge in [-0.25, -0.2) is 8.42 Å². The van der Waals surface area contributed by atoms with Crippen molar-refractivity contribution < 1.29 is 13.2 Å². The lowest BCUT2D eigenvalue weighted by Crippen LogP contribution is -2.35. The van der Waals surface area contributed by atoms with Crippen molar-refractivity contribution in [1.29, 1.82) is 0 Å². The predicted molar refractivity (Wildman–Crippen MR) is 136 cm³/mol. The first-order chi connectivity index (χ1) is 15.9. The van der Waals surface area contributed by atoms with Crippen molar-refractivity contribution in [2.45, 2.75) is 11.3 Å². The maximum atomic E-state index is 13.5. The van der Waals surface area contributed by atoms with E-state index in [9.17, 15) is 8.42 Å². The van der Waals surface area contributed by atoms with Gasteiger partial charge in [-0.1, -0.05) is 47.5 Å². The number of nitrogens with one attached hydrogen (secondary N) is 1. The number of hydrogen-bond donors (Lipinski definition) is 2. The molecule has 6 nitrogen and oxygen atoms in total. The Kier molecular flexibility index (Phi) is 9.41. The van der Waals surface area contributed by atoms with E-state index in [1.807, 2.05) is 42.5 Å². The van der Waals surface area contributed by atoms with Crippen LogP contribution in [0.2, 0.25) is 10.0 Å². The Morgan fingerprint density at radius 2 is 1.52 bits per heavy atom. The van der Waals surface area contributed by atoms with Gasteiger partial charge in [0, 0.05) is 23.1 Å². The Morgan fingerprint density at radius 1 is 0.879 bits per heavy atom. The summed E-state index contributed by atoms with van der Waals surface area (Å²) < 4.78 is 33.9. The van der Waals surface area contributed by atoms with Gasteiger partial charge in [-0.2, -0.15) is 0 Å². The third-order valence-electron chi connectivity index (χ3n) is 4.92. The molecule has 3 rings (SSSR count). The number of hydrogen-bond acceptors (Lipinski definition) is 5. The van der Waals surface area contributed by atoms with Gasteiger partial charge >= 0.3 is 0 Å². The molecular weight excluding hydrogens is 481 g/mol. The van der Waals surface area contributed by atoms with Crippen LogP contribution in [0, 0.1) is 0 Å². The Bertz CT molecular complexity index is 1120. The Hall–Kier alpha value is -2.29. The number of benzene rings is 3. The van der Waals surface area contributed by atoms with E-state index in [1.165, 1.54) is 16.4 Å². The highest BCUT2D eigenvalue weighted by Crippen LogP contribution is 2.31. The molecule has 0 heterocycles. The molecule has 9 heteroatoms. The monoisotopic (exact) mass is 507 g/mol. The normalized spacial score (nSPS) is 11.4. The van der Waals surface area contributed by atoms with Crippen molar-refractivity contribution in [2.75, 3.05) is 42.5 Å². The molecule has 3 aromatic carbocycles. The number of para-hydroxylation sites is 2. The first-order valence-electron chi connectivity index (χ1n) is 10.6. The second-order valence-corrected chi connectivity index (χ2v) is 9.99. The van der Waals surface area contributed by atoms with E-state index in [0.717, 1.165) is 12.0 Å². The summed E-state index contributed by atoms with van der Waals surface area (Å²) >= 11 is 11.9. The van der Waals surface area contributed by atoms with Crippen LogP contribution < -0.4 is 15.4 Å². The standard InChI is InChI=1S/C24H27Cl2N3O3S/c25-20-7-5-19(6-8-20)13-15-28-23-3-1-2-4-24(23)29(16-18-32-17-14-27)33(30,31)22-11-9-21(26)10-12-22/h1-12,28H,13-18,27H2. The zero-order valence-corrected chi connectivity index (χ0v) is 20.4. The molecule has 0 aliphatic carbocycles. The largest absolute Gasteiger partial charge is 0.383 e. The average molecular weight is 508 g/mol. The topological polar surface area (TPSA) is 84.7 Å². The first-order valence-corrected chi connectivity index (χ1v) is 12.7. The van der Waals surface area contributed by atoms with E-state index in [2.05, 4.69) is 5.32 Å². The van der Waals surface area contributed by atoms with Crippen LogP contribution in [0.15, 0.2) is 77.7 Å². The highest BCUT2D eigenvalue weighted by Gasteiger charge is 2.26. The van der Waals surface area contributed by atoms with Gasteiger partial charge in [0.1, 0.15) is 0 Å².